The van der Waals surface area contributed by atoms with Crippen LogP contribution in [0.5, 0.6) is 0 Å². The van der Waals surface area contributed by atoms with Crippen LogP contribution in [0.2, 0.25) is 0 Å². The molecule has 0 amide bonds. The molecule has 0 aliphatic rings. The average molecular weight is 281 g/mol. The minimum atomic E-state index is 0.665. The SMILES string of the molecule is C(#Cc1cccc(C#Cc2ccccn2)n1)c1ccccn1. The second-order valence-electron chi connectivity index (χ2n) is 4.34. The van der Waals surface area contributed by atoms with Gasteiger partial charge in [-0.3, -0.25) is 0 Å². The Hall–Kier alpha value is -3.43. The molecule has 0 spiro atoms. The molecule has 102 valence electrons. The third kappa shape index (κ3) is 3.79. The summed E-state index contributed by atoms with van der Waals surface area (Å²) in [5.41, 5.74) is 2.76. The van der Waals surface area contributed by atoms with E-state index in [9.17, 15) is 0 Å². The summed E-state index contributed by atoms with van der Waals surface area (Å²) >= 11 is 0. The van der Waals surface area contributed by atoms with E-state index in [0.717, 1.165) is 0 Å². The zero-order valence-corrected chi connectivity index (χ0v) is 11.7. The Morgan fingerprint density at radius 2 is 0.955 bits per heavy atom. The van der Waals surface area contributed by atoms with Crippen molar-refractivity contribution in [2.75, 3.05) is 0 Å². The number of nitrogens with zero attached hydrogens (tertiary/aromatic N) is 3. The van der Waals surface area contributed by atoms with Crippen LogP contribution in [0.3, 0.4) is 0 Å². The van der Waals surface area contributed by atoms with E-state index in [-0.39, 0.29) is 0 Å². The molecule has 0 bridgehead atoms. The number of hydrogen-bond donors (Lipinski definition) is 0. The molecule has 3 heteroatoms. The zero-order chi connectivity index (χ0) is 15.0. The van der Waals surface area contributed by atoms with Crippen molar-refractivity contribution in [1.29, 1.82) is 0 Å². The van der Waals surface area contributed by atoms with E-state index in [1.54, 1.807) is 12.4 Å². The molecule has 3 aromatic rings. The van der Waals surface area contributed by atoms with Crippen LogP contribution in [0.4, 0.5) is 0 Å². The molecular weight excluding hydrogens is 270 g/mol. The topological polar surface area (TPSA) is 38.7 Å². The van der Waals surface area contributed by atoms with Gasteiger partial charge in [-0.15, -0.1) is 0 Å². The van der Waals surface area contributed by atoms with Gasteiger partial charge in [0.15, 0.2) is 0 Å². The molecule has 0 fully saturated rings. The molecule has 0 saturated carbocycles. The molecule has 3 nitrogen and oxygen atoms in total. The molecule has 3 heterocycles. The molecule has 0 radical (unpaired) electrons. The summed E-state index contributed by atoms with van der Waals surface area (Å²) in [6.45, 7) is 0. The van der Waals surface area contributed by atoms with Crippen LogP contribution >= 0.6 is 0 Å². The van der Waals surface area contributed by atoms with Crippen LogP contribution in [0.25, 0.3) is 0 Å². The molecule has 0 N–H and O–H groups in total. The van der Waals surface area contributed by atoms with Gasteiger partial charge in [-0.25, -0.2) is 15.0 Å². The van der Waals surface area contributed by atoms with Crippen molar-refractivity contribution < 1.29 is 0 Å². The molecule has 22 heavy (non-hydrogen) atoms. The lowest BCUT2D eigenvalue weighted by molar-refractivity contribution is 1.24. The first kappa shape index (κ1) is 13.5. The Balaban J connectivity index is 1.82. The van der Waals surface area contributed by atoms with Gasteiger partial charge < -0.3 is 0 Å². The van der Waals surface area contributed by atoms with Crippen LogP contribution in [0.15, 0.2) is 67.0 Å². The Kier molecular flexibility index (Phi) is 4.21. The third-order valence-electron chi connectivity index (χ3n) is 2.72. The van der Waals surface area contributed by atoms with Gasteiger partial charge in [-0.1, -0.05) is 18.2 Å². The lowest BCUT2D eigenvalue weighted by Gasteiger charge is -1.92. The van der Waals surface area contributed by atoms with E-state index in [0.29, 0.717) is 22.8 Å². The molecule has 0 atom stereocenters. The predicted octanol–water partition coefficient (Wildman–Crippen LogP) is 2.67. The summed E-state index contributed by atoms with van der Waals surface area (Å²) < 4.78 is 0. The van der Waals surface area contributed by atoms with Gasteiger partial charge in [0.25, 0.3) is 0 Å². The van der Waals surface area contributed by atoms with Gasteiger partial charge in [-0.2, -0.15) is 0 Å². The maximum Gasteiger partial charge on any atom is 0.115 e. The molecule has 0 unspecified atom stereocenters. The van der Waals surface area contributed by atoms with Crippen LogP contribution in [-0.2, 0) is 0 Å². The predicted molar refractivity (Wildman–Crippen MR) is 84.7 cm³/mol. The first-order valence-corrected chi connectivity index (χ1v) is 6.73. The van der Waals surface area contributed by atoms with Crippen LogP contribution < -0.4 is 0 Å². The minimum absolute atomic E-state index is 0.665. The van der Waals surface area contributed by atoms with E-state index in [1.807, 2.05) is 54.6 Å². The molecule has 0 aliphatic heterocycles. The van der Waals surface area contributed by atoms with Crippen molar-refractivity contribution in [3.8, 4) is 23.7 Å². The third-order valence-corrected chi connectivity index (χ3v) is 2.72. The number of hydrogen-bond acceptors (Lipinski definition) is 3. The van der Waals surface area contributed by atoms with Crippen molar-refractivity contribution in [3.63, 3.8) is 0 Å². The molecular formula is C19H11N3. The van der Waals surface area contributed by atoms with Gasteiger partial charge >= 0.3 is 0 Å². The van der Waals surface area contributed by atoms with Crippen molar-refractivity contribution in [3.05, 3.63) is 89.8 Å². The largest absolute Gasteiger partial charge is 0.248 e. The summed E-state index contributed by atoms with van der Waals surface area (Å²) in [5, 5.41) is 0. The monoisotopic (exact) mass is 281 g/mol. The van der Waals surface area contributed by atoms with E-state index in [2.05, 4.69) is 38.6 Å². The van der Waals surface area contributed by atoms with E-state index in [4.69, 9.17) is 0 Å². The maximum absolute atomic E-state index is 4.40. The molecule has 0 aliphatic carbocycles. The van der Waals surface area contributed by atoms with E-state index < -0.39 is 0 Å². The molecule has 0 aromatic carbocycles. The van der Waals surface area contributed by atoms with E-state index >= 15 is 0 Å². The van der Waals surface area contributed by atoms with Gasteiger partial charge in [0.05, 0.1) is 0 Å². The van der Waals surface area contributed by atoms with Crippen molar-refractivity contribution in [2.24, 2.45) is 0 Å². The Morgan fingerprint density at radius 1 is 0.500 bits per heavy atom. The summed E-state index contributed by atoms with van der Waals surface area (Å²) in [6, 6.07) is 16.8. The Bertz CT molecular complexity index is 807. The lowest BCUT2D eigenvalue weighted by Crippen LogP contribution is -1.88. The van der Waals surface area contributed by atoms with Crippen molar-refractivity contribution >= 4 is 0 Å². The van der Waals surface area contributed by atoms with Crippen LogP contribution in [0.1, 0.15) is 22.8 Å². The highest BCUT2D eigenvalue weighted by molar-refractivity contribution is 5.41. The average Bonchev–Trinajstić information content (AvgIpc) is 2.60. The highest BCUT2D eigenvalue weighted by Crippen LogP contribution is 1.99. The smallest absolute Gasteiger partial charge is 0.115 e. The van der Waals surface area contributed by atoms with Crippen LogP contribution in [0, 0.1) is 23.7 Å². The summed E-state index contributed by atoms with van der Waals surface area (Å²) in [6.07, 6.45) is 3.43. The summed E-state index contributed by atoms with van der Waals surface area (Å²) in [7, 11) is 0. The first-order chi connectivity index (χ1) is 10.9. The molecule has 3 aromatic heterocycles. The number of aromatic nitrogens is 3. The van der Waals surface area contributed by atoms with Crippen molar-refractivity contribution in [1.82, 2.24) is 15.0 Å². The Morgan fingerprint density at radius 3 is 1.41 bits per heavy atom. The summed E-state index contributed by atoms with van der Waals surface area (Å²) in [4.78, 5) is 12.7. The second kappa shape index (κ2) is 6.83. The summed E-state index contributed by atoms with van der Waals surface area (Å²) in [5.74, 6) is 11.9. The van der Waals surface area contributed by atoms with Gasteiger partial charge in [-0.05, 0) is 60.1 Å². The molecule has 3 rings (SSSR count). The number of pyridine rings is 3. The van der Waals surface area contributed by atoms with Crippen LogP contribution in [-0.4, -0.2) is 15.0 Å². The fourth-order valence-corrected chi connectivity index (χ4v) is 1.70. The fraction of sp³-hybridized carbons (Fsp3) is 0. The first-order valence-electron chi connectivity index (χ1n) is 6.73. The highest BCUT2D eigenvalue weighted by atomic mass is 14.7. The maximum atomic E-state index is 4.40. The van der Waals surface area contributed by atoms with E-state index in [1.165, 1.54) is 0 Å². The lowest BCUT2D eigenvalue weighted by atomic mass is 10.2. The van der Waals surface area contributed by atoms with Gasteiger partial charge in [0.1, 0.15) is 22.8 Å². The van der Waals surface area contributed by atoms with Gasteiger partial charge in [0.2, 0.25) is 0 Å². The number of rotatable bonds is 0. The highest BCUT2D eigenvalue weighted by Gasteiger charge is 1.92. The molecule has 0 saturated heterocycles. The zero-order valence-electron chi connectivity index (χ0n) is 11.7. The second-order valence-corrected chi connectivity index (χ2v) is 4.34. The quantitative estimate of drug-likeness (QED) is 0.595. The fourth-order valence-electron chi connectivity index (χ4n) is 1.70. The normalized spacial score (nSPS) is 9.09. The van der Waals surface area contributed by atoms with Gasteiger partial charge in [0, 0.05) is 12.4 Å². The Labute approximate surface area is 129 Å². The van der Waals surface area contributed by atoms with Crippen molar-refractivity contribution in [2.45, 2.75) is 0 Å². The standard InChI is InChI=1S/C19H11N3/c1-3-14-20-16(6-1)10-12-18-8-5-9-19(22-18)13-11-17-7-2-4-15-21-17/h1-9,14-15H. The minimum Gasteiger partial charge on any atom is -0.248 e.